The molecule has 1 saturated heterocycles. The topological polar surface area (TPSA) is 98.2 Å². The molecule has 0 amide bonds. The minimum Gasteiger partial charge on any atom is -0.464 e. The Hall–Kier alpha value is -1.70. The molecule has 0 radical (unpaired) electrons. The Morgan fingerprint density at radius 2 is 2.00 bits per heavy atom. The van der Waals surface area contributed by atoms with E-state index in [2.05, 4.69) is 20.3 Å². The Labute approximate surface area is 111 Å². The number of sulfone groups is 1. The summed E-state index contributed by atoms with van der Waals surface area (Å²) in [6.07, 6.45) is 1.12. The molecule has 0 saturated carbocycles. The second-order valence-corrected chi connectivity index (χ2v) is 6.67. The van der Waals surface area contributed by atoms with Gasteiger partial charge in [-0.25, -0.2) is 13.2 Å². The van der Waals surface area contributed by atoms with Crippen molar-refractivity contribution in [2.24, 2.45) is 0 Å². The Balaban J connectivity index is 1.95. The SMILES string of the molecule is COC(=O)c1ccc(NC2CCS(=O)(=O)CC2)nn1. The number of ether oxygens (including phenoxy) is 1. The summed E-state index contributed by atoms with van der Waals surface area (Å²) >= 11 is 0. The first-order valence-electron chi connectivity index (χ1n) is 5.89. The molecule has 1 N–H and O–H groups in total. The summed E-state index contributed by atoms with van der Waals surface area (Å²) in [5.74, 6) is 0.371. The zero-order valence-electron chi connectivity index (χ0n) is 10.5. The number of carbonyl (C=O) groups is 1. The van der Waals surface area contributed by atoms with Crippen LogP contribution in [0, 0.1) is 0 Å². The number of hydrogen-bond donors (Lipinski definition) is 1. The van der Waals surface area contributed by atoms with Gasteiger partial charge in [0.2, 0.25) is 0 Å². The van der Waals surface area contributed by atoms with E-state index < -0.39 is 15.8 Å². The predicted octanol–water partition coefficient (Wildman–Crippen LogP) is 0.252. The number of nitrogens with zero attached hydrogens (tertiary/aromatic N) is 2. The van der Waals surface area contributed by atoms with Crippen molar-refractivity contribution in [2.75, 3.05) is 23.9 Å². The Morgan fingerprint density at radius 1 is 1.32 bits per heavy atom. The molecule has 1 aliphatic heterocycles. The summed E-state index contributed by atoms with van der Waals surface area (Å²) in [6.45, 7) is 0. The number of hydrogen-bond acceptors (Lipinski definition) is 7. The lowest BCUT2D eigenvalue weighted by Crippen LogP contribution is -2.32. The van der Waals surface area contributed by atoms with Crippen LogP contribution in [-0.2, 0) is 14.6 Å². The highest BCUT2D eigenvalue weighted by molar-refractivity contribution is 7.91. The van der Waals surface area contributed by atoms with Crippen molar-refractivity contribution < 1.29 is 17.9 Å². The van der Waals surface area contributed by atoms with Gasteiger partial charge in [0.1, 0.15) is 15.7 Å². The molecule has 2 rings (SSSR count). The van der Waals surface area contributed by atoms with Gasteiger partial charge >= 0.3 is 5.97 Å². The number of nitrogens with one attached hydrogen (secondary N) is 1. The summed E-state index contributed by atoms with van der Waals surface area (Å²) in [6, 6.07) is 3.21. The van der Waals surface area contributed by atoms with Gasteiger partial charge in [-0.05, 0) is 25.0 Å². The molecule has 0 aliphatic carbocycles. The first kappa shape index (κ1) is 13.7. The third-order valence-corrected chi connectivity index (χ3v) is 4.68. The number of methoxy groups -OCH3 is 1. The normalized spacial score (nSPS) is 18.8. The van der Waals surface area contributed by atoms with E-state index in [4.69, 9.17) is 0 Å². The molecule has 0 atom stereocenters. The van der Waals surface area contributed by atoms with Gasteiger partial charge in [-0.3, -0.25) is 0 Å². The van der Waals surface area contributed by atoms with Crippen LogP contribution in [0.4, 0.5) is 5.82 Å². The Morgan fingerprint density at radius 3 is 2.53 bits per heavy atom. The second-order valence-electron chi connectivity index (χ2n) is 4.37. The van der Waals surface area contributed by atoms with Crippen molar-refractivity contribution in [3.8, 4) is 0 Å². The number of esters is 1. The fourth-order valence-electron chi connectivity index (χ4n) is 1.87. The largest absolute Gasteiger partial charge is 0.464 e. The fraction of sp³-hybridized carbons (Fsp3) is 0.545. The van der Waals surface area contributed by atoms with Crippen LogP contribution in [0.15, 0.2) is 12.1 Å². The molecule has 2 heterocycles. The summed E-state index contributed by atoms with van der Waals surface area (Å²) < 4.78 is 27.1. The third kappa shape index (κ3) is 3.63. The maximum absolute atomic E-state index is 11.3. The monoisotopic (exact) mass is 285 g/mol. The van der Waals surface area contributed by atoms with Crippen molar-refractivity contribution in [2.45, 2.75) is 18.9 Å². The van der Waals surface area contributed by atoms with Gasteiger partial charge in [-0.2, -0.15) is 0 Å². The van der Waals surface area contributed by atoms with E-state index in [1.807, 2.05) is 0 Å². The van der Waals surface area contributed by atoms with Crippen LogP contribution in [0.25, 0.3) is 0 Å². The number of anilines is 1. The molecule has 7 nitrogen and oxygen atoms in total. The van der Waals surface area contributed by atoms with Crippen molar-refractivity contribution in [3.63, 3.8) is 0 Å². The molecule has 0 spiro atoms. The molecular weight excluding hydrogens is 270 g/mol. The zero-order chi connectivity index (χ0) is 13.9. The first-order valence-corrected chi connectivity index (χ1v) is 7.71. The molecule has 1 aliphatic rings. The Kier molecular flexibility index (Phi) is 3.98. The van der Waals surface area contributed by atoms with Gasteiger partial charge in [-0.15, -0.1) is 10.2 Å². The molecule has 19 heavy (non-hydrogen) atoms. The molecular formula is C11H15N3O4S. The molecule has 1 aromatic rings. The summed E-state index contributed by atoms with van der Waals surface area (Å²) in [4.78, 5) is 11.2. The van der Waals surface area contributed by atoms with Crippen LogP contribution < -0.4 is 5.32 Å². The molecule has 1 aromatic heterocycles. The predicted molar refractivity (Wildman–Crippen MR) is 68.7 cm³/mol. The van der Waals surface area contributed by atoms with Crippen LogP contribution in [0.2, 0.25) is 0 Å². The Bertz CT molecular complexity index is 542. The van der Waals surface area contributed by atoms with Crippen LogP contribution in [0.5, 0.6) is 0 Å². The van der Waals surface area contributed by atoms with Crippen molar-refractivity contribution in [3.05, 3.63) is 17.8 Å². The number of carbonyl (C=O) groups excluding carboxylic acids is 1. The van der Waals surface area contributed by atoms with Gasteiger partial charge < -0.3 is 10.1 Å². The molecule has 0 aromatic carbocycles. The van der Waals surface area contributed by atoms with Crippen LogP contribution in [0.1, 0.15) is 23.3 Å². The van der Waals surface area contributed by atoms with Crippen molar-refractivity contribution in [1.29, 1.82) is 0 Å². The molecule has 0 unspecified atom stereocenters. The lowest BCUT2D eigenvalue weighted by atomic mass is 10.1. The van der Waals surface area contributed by atoms with Crippen LogP contribution in [-0.4, -0.2) is 49.2 Å². The lowest BCUT2D eigenvalue weighted by Gasteiger charge is -2.23. The quantitative estimate of drug-likeness (QED) is 0.795. The smallest absolute Gasteiger partial charge is 0.358 e. The standard InChI is InChI=1S/C11H15N3O4S/c1-18-11(15)9-2-3-10(14-13-9)12-8-4-6-19(16,17)7-5-8/h2-3,8H,4-7H2,1H3,(H,12,14). The van der Waals surface area contributed by atoms with E-state index >= 15 is 0 Å². The zero-order valence-corrected chi connectivity index (χ0v) is 11.3. The lowest BCUT2D eigenvalue weighted by molar-refractivity contribution is 0.0592. The van der Waals surface area contributed by atoms with Gasteiger partial charge in [0.15, 0.2) is 5.69 Å². The number of rotatable bonds is 3. The van der Waals surface area contributed by atoms with Gasteiger partial charge in [0.05, 0.1) is 18.6 Å². The van der Waals surface area contributed by atoms with Crippen molar-refractivity contribution >= 4 is 21.6 Å². The van der Waals surface area contributed by atoms with Gasteiger partial charge in [-0.1, -0.05) is 0 Å². The van der Waals surface area contributed by atoms with Gasteiger partial charge in [0.25, 0.3) is 0 Å². The van der Waals surface area contributed by atoms with Gasteiger partial charge in [0, 0.05) is 6.04 Å². The number of aromatic nitrogens is 2. The summed E-state index contributed by atoms with van der Waals surface area (Å²) in [5, 5.41) is 10.7. The summed E-state index contributed by atoms with van der Waals surface area (Å²) in [5.41, 5.74) is 0.138. The minimum atomic E-state index is -2.87. The van der Waals surface area contributed by atoms with E-state index in [9.17, 15) is 13.2 Å². The van der Waals surface area contributed by atoms with E-state index in [1.54, 1.807) is 6.07 Å². The highest BCUT2D eigenvalue weighted by Gasteiger charge is 2.23. The molecule has 8 heteroatoms. The first-order chi connectivity index (χ1) is 9.00. The van der Waals surface area contributed by atoms with E-state index in [0.29, 0.717) is 18.7 Å². The average molecular weight is 285 g/mol. The fourth-order valence-corrected chi connectivity index (χ4v) is 3.36. The van der Waals surface area contributed by atoms with E-state index in [-0.39, 0.29) is 23.2 Å². The average Bonchev–Trinajstić information content (AvgIpc) is 2.41. The van der Waals surface area contributed by atoms with E-state index in [1.165, 1.54) is 13.2 Å². The van der Waals surface area contributed by atoms with Crippen LogP contribution >= 0.6 is 0 Å². The molecule has 0 bridgehead atoms. The van der Waals surface area contributed by atoms with Crippen molar-refractivity contribution in [1.82, 2.24) is 10.2 Å². The molecule has 104 valence electrons. The molecule has 1 fully saturated rings. The van der Waals surface area contributed by atoms with Crippen LogP contribution in [0.3, 0.4) is 0 Å². The van der Waals surface area contributed by atoms with E-state index in [0.717, 1.165) is 0 Å². The highest BCUT2D eigenvalue weighted by atomic mass is 32.2. The highest BCUT2D eigenvalue weighted by Crippen LogP contribution is 2.16. The maximum Gasteiger partial charge on any atom is 0.358 e. The second kappa shape index (κ2) is 5.52. The third-order valence-electron chi connectivity index (χ3n) is 2.97. The maximum atomic E-state index is 11.3. The summed E-state index contributed by atoms with van der Waals surface area (Å²) in [7, 11) is -1.59. The minimum absolute atomic E-state index is 0.0711.